The Morgan fingerprint density at radius 1 is 1.17 bits per heavy atom. The second kappa shape index (κ2) is 6.40. The van der Waals surface area contributed by atoms with Crippen molar-refractivity contribution in [3.8, 4) is 0 Å². The van der Waals surface area contributed by atoms with Crippen LogP contribution in [-0.4, -0.2) is 18.1 Å². The molecule has 24 heavy (non-hydrogen) atoms. The van der Waals surface area contributed by atoms with Crippen LogP contribution in [0.4, 0.5) is 10.5 Å². The Bertz CT molecular complexity index is 732. The zero-order valence-corrected chi connectivity index (χ0v) is 14.0. The van der Waals surface area contributed by atoms with Crippen molar-refractivity contribution < 1.29 is 9.21 Å². The lowest BCUT2D eigenvalue weighted by atomic mass is 9.79. The van der Waals surface area contributed by atoms with Gasteiger partial charge in [0.05, 0.1) is 24.9 Å². The summed E-state index contributed by atoms with van der Waals surface area (Å²) in [6.07, 6.45) is 4.56. The van der Waals surface area contributed by atoms with Crippen LogP contribution >= 0.6 is 11.6 Å². The first kappa shape index (κ1) is 15.4. The standard InChI is InChI=1S/C18H20ClN3O2/c19-13-4-1-5-15(20-10-12-3-2-8-24-12)17(13)11-6-7-14-16(9-11)22-18(23)21-14/h1-5,8,11,14,16,20H,6-7,9-10H2,(H2,21,22,23). The molecule has 2 fully saturated rings. The van der Waals surface area contributed by atoms with Crippen LogP contribution in [0.5, 0.6) is 0 Å². The molecule has 1 aliphatic heterocycles. The Hall–Kier alpha value is -2.14. The fourth-order valence-electron chi connectivity index (χ4n) is 3.85. The van der Waals surface area contributed by atoms with Gasteiger partial charge in [0.2, 0.25) is 0 Å². The van der Waals surface area contributed by atoms with Crippen molar-refractivity contribution >= 4 is 23.3 Å². The Kier molecular flexibility index (Phi) is 4.10. The summed E-state index contributed by atoms with van der Waals surface area (Å²) in [6, 6.07) is 10.2. The second-order valence-electron chi connectivity index (χ2n) is 6.47. The molecule has 126 valence electrons. The van der Waals surface area contributed by atoms with Gasteiger partial charge in [-0.05, 0) is 55.0 Å². The van der Waals surface area contributed by atoms with Gasteiger partial charge in [-0.2, -0.15) is 0 Å². The number of anilines is 1. The lowest BCUT2D eigenvalue weighted by molar-refractivity contribution is 0.247. The summed E-state index contributed by atoms with van der Waals surface area (Å²) in [5.74, 6) is 1.22. The number of hydrogen-bond acceptors (Lipinski definition) is 3. The third kappa shape index (κ3) is 2.96. The predicted molar refractivity (Wildman–Crippen MR) is 93.3 cm³/mol. The van der Waals surface area contributed by atoms with E-state index < -0.39 is 0 Å². The average Bonchev–Trinajstić information content (AvgIpc) is 3.20. The minimum absolute atomic E-state index is 0.0547. The van der Waals surface area contributed by atoms with Gasteiger partial charge in [-0.15, -0.1) is 0 Å². The van der Waals surface area contributed by atoms with Crippen LogP contribution < -0.4 is 16.0 Å². The summed E-state index contributed by atoms with van der Waals surface area (Å²) < 4.78 is 5.39. The van der Waals surface area contributed by atoms with Crippen molar-refractivity contribution in [2.45, 2.75) is 43.8 Å². The molecule has 3 atom stereocenters. The van der Waals surface area contributed by atoms with Crippen LogP contribution in [0.1, 0.15) is 36.5 Å². The lowest BCUT2D eigenvalue weighted by Crippen LogP contribution is -2.39. The Balaban J connectivity index is 1.54. The van der Waals surface area contributed by atoms with E-state index in [1.165, 1.54) is 0 Å². The normalized spacial score (nSPS) is 25.7. The maximum Gasteiger partial charge on any atom is 0.315 e. The summed E-state index contributed by atoms with van der Waals surface area (Å²) in [7, 11) is 0. The van der Waals surface area contributed by atoms with E-state index in [1.54, 1.807) is 6.26 Å². The van der Waals surface area contributed by atoms with E-state index in [9.17, 15) is 4.79 Å². The molecular weight excluding hydrogens is 326 g/mol. The van der Waals surface area contributed by atoms with Gasteiger partial charge in [0.15, 0.2) is 0 Å². The molecule has 1 saturated carbocycles. The first-order valence-corrected chi connectivity index (χ1v) is 8.70. The second-order valence-corrected chi connectivity index (χ2v) is 6.88. The fourth-order valence-corrected chi connectivity index (χ4v) is 4.17. The Labute approximate surface area is 145 Å². The van der Waals surface area contributed by atoms with Crippen molar-refractivity contribution in [3.05, 3.63) is 52.9 Å². The van der Waals surface area contributed by atoms with E-state index in [0.29, 0.717) is 12.5 Å². The van der Waals surface area contributed by atoms with Crippen molar-refractivity contribution in [2.24, 2.45) is 0 Å². The van der Waals surface area contributed by atoms with E-state index in [2.05, 4.69) is 22.0 Å². The number of hydrogen-bond donors (Lipinski definition) is 3. The summed E-state index contributed by atoms with van der Waals surface area (Å²) in [4.78, 5) is 11.5. The molecule has 3 N–H and O–H groups in total. The van der Waals surface area contributed by atoms with Gasteiger partial charge in [0.1, 0.15) is 5.76 Å². The molecule has 0 spiro atoms. The van der Waals surface area contributed by atoms with Crippen molar-refractivity contribution in [1.82, 2.24) is 10.6 Å². The van der Waals surface area contributed by atoms with Crippen LogP contribution in [-0.2, 0) is 6.54 Å². The maximum atomic E-state index is 11.5. The molecule has 2 heterocycles. The van der Waals surface area contributed by atoms with E-state index in [-0.39, 0.29) is 18.1 Å². The zero-order valence-electron chi connectivity index (χ0n) is 13.2. The average molecular weight is 346 g/mol. The molecule has 2 aromatic rings. The molecule has 5 nitrogen and oxygen atoms in total. The lowest BCUT2D eigenvalue weighted by Gasteiger charge is -2.32. The number of benzene rings is 1. The molecule has 2 amide bonds. The molecule has 2 aliphatic rings. The van der Waals surface area contributed by atoms with Crippen molar-refractivity contribution in [2.75, 3.05) is 5.32 Å². The van der Waals surface area contributed by atoms with Gasteiger partial charge in [-0.3, -0.25) is 0 Å². The number of nitrogens with one attached hydrogen (secondary N) is 3. The minimum Gasteiger partial charge on any atom is -0.467 e. The van der Waals surface area contributed by atoms with E-state index in [0.717, 1.165) is 41.3 Å². The predicted octanol–water partition coefficient (Wildman–Crippen LogP) is 3.86. The zero-order chi connectivity index (χ0) is 16.5. The van der Waals surface area contributed by atoms with Crippen LogP contribution in [0.15, 0.2) is 41.0 Å². The van der Waals surface area contributed by atoms with Crippen molar-refractivity contribution in [3.63, 3.8) is 0 Å². The highest BCUT2D eigenvalue weighted by Gasteiger charge is 2.38. The van der Waals surface area contributed by atoms with Crippen LogP contribution in [0, 0.1) is 0 Å². The smallest absolute Gasteiger partial charge is 0.315 e. The SMILES string of the molecule is O=C1NC2CCC(c3c(Cl)cccc3NCc3ccco3)CC2N1. The summed E-state index contributed by atoms with van der Waals surface area (Å²) in [6.45, 7) is 0.622. The first-order valence-electron chi connectivity index (χ1n) is 8.32. The number of furan rings is 1. The summed E-state index contributed by atoms with van der Waals surface area (Å²) >= 11 is 6.53. The molecule has 6 heteroatoms. The molecule has 3 unspecified atom stereocenters. The first-order chi connectivity index (χ1) is 11.7. The third-order valence-electron chi connectivity index (χ3n) is 4.98. The number of carbonyl (C=O) groups is 1. The highest BCUT2D eigenvalue weighted by Crippen LogP contribution is 2.41. The maximum absolute atomic E-state index is 11.5. The monoisotopic (exact) mass is 345 g/mol. The van der Waals surface area contributed by atoms with Gasteiger partial charge in [0.25, 0.3) is 0 Å². The van der Waals surface area contributed by atoms with Gasteiger partial charge >= 0.3 is 6.03 Å². The third-order valence-corrected chi connectivity index (χ3v) is 5.31. The van der Waals surface area contributed by atoms with Gasteiger partial charge < -0.3 is 20.4 Å². The fraction of sp³-hybridized carbons (Fsp3) is 0.389. The van der Waals surface area contributed by atoms with E-state index >= 15 is 0 Å². The topological polar surface area (TPSA) is 66.3 Å². The summed E-state index contributed by atoms with van der Waals surface area (Å²) in [5, 5.41) is 10.2. The molecule has 4 rings (SSSR count). The highest BCUT2D eigenvalue weighted by molar-refractivity contribution is 6.31. The van der Waals surface area contributed by atoms with Crippen LogP contribution in [0.2, 0.25) is 5.02 Å². The molecule has 1 saturated heterocycles. The van der Waals surface area contributed by atoms with Gasteiger partial charge in [-0.25, -0.2) is 4.79 Å². The molecule has 0 radical (unpaired) electrons. The molecule has 1 aromatic heterocycles. The largest absolute Gasteiger partial charge is 0.467 e. The number of carbonyl (C=O) groups excluding carboxylic acids is 1. The Morgan fingerprint density at radius 2 is 2.04 bits per heavy atom. The van der Waals surface area contributed by atoms with Crippen molar-refractivity contribution in [1.29, 1.82) is 0 Å². The van der Waals surface area contributed by atoms with Gasteiger partial charge in [0, 0.05) is 10.7 Å². The summed E-state index contributed by atoms with van der Waals surface area (Å²) in [5.41, 5.74) is 2.19. The van der Waals surface area contributed by atoms with Crippen LogP contribution in [0.25, 0.3) is 0 Å². The highest BCUT2D eigenvalue weighted by atomic mass is 35.5. The molecule has 1 aromatic carbocycles. The number of fused-ring (bicyclic) bond motifs is 1. The molecule has 1 aliphatic carbocycles. The van der Waals surface area contributed by atoms with Crippen LogP contribution in [0.3, 0.4) is 0 Å². The number of urea groups is 1. The minimum atomic E-state index is -0.0547. The van der Waals surface area contributed by atoms with E-state index in [4.69, 9.17) is 16.0 Å². The van der Waals surface area contributed by atoms with Gasteiger partial charge in [-0.1, -0.05) is 17.7 Å². The quantitative estimate of drug-likeness (QED) is 0.788. The number of halogens is 1. The Morgan fingerprint density at radius 3 is 2.88 bits per heavy atom. The number of amides is 2. The molecule has 0 bridgehead atoms. The number of rotatable bonds is 4. The molecular formula is C18H20ClN3O2. The van der Waals surface area contributed by atoms with E-state index in [1.807, 2.05) is 24.3 Å².